The van der Waals surface area contributed by atoms with Crippen molar-refractivity contribution in [2.75, 3.05) is 45.2 Å². The van der Waals surface area contributed by atoms with Crippen LogP contribution in [0.5, 0.6) is 0 Å². The number of anilines is 1. The van der Waals surface area contributed by atoms with E-state index >= 15 is 0 Å². The zero-order valence-corrected chi connectivity index (χ0v) is 13.7. The molecule has 1 atom stereocenters. The number of likely N-dealkylation sites (N-methyl/N-ethyl adjacent to an activating group) is 2. The van der Waals surface area contributed by atoms with E-state index in [1.54, 1.807) is 0 Å². The molecular weight excluding hydrogens is 274 g/mol. The SMILES string of the molecule is CN(CCN(C)c1ccccc1)C(=O)C1CC12CCNCC2. The van der Waals surface area contributed by atoms with E-state index in [9.17, 15) is 4.79 Å². The fraction of sp³-hybridized carbons (Fsp3) is 0.611. The maximum Gasteiger partial charge on any atom is 0.226 e. The van der Waals surface area contributed by atoms with Crippen LogP contribution in [0.1, 0.15) is 19.3 Å². The van der Waals surface area contributed by atoms with Crippen LogP contribution >= 0.6 is 0 Å². The zero-order chi connectivity index (χ0) is 15.6. The van der Waals surface area contributed by atoms with Crippen LogP contribution < -0.4 is 10.2 Å². The molecule has 1 aromatic rings. The highest BCUT2D eigenvalue weighted by molar-refractivity contribution is 5.82. The second-order valence-electron chi connectivity index (χ2n) is 6.89. The molecule has 1 saturated carbocycles. The minimum absolute atomic E-state index is 0.279. The van der Waals surface area contributed by atoms with E-state index in [4.69, 9.17) is 0 Å². The van der Waals surface area contributed by atoms with Gasteiger partial charge in [0.05, 0.1) is 0 Å². The lowest BCUT2D eigenvalue weighted by molar-refractivity contribution is -0.132. The molecule has 1 saturated heterocycles. The largest absolute Gasteiger partial charge is 0.373 e. The van der Waals surface area contributed by atoms with Crippen LogP contribution in [0.2, 0.25) is 0 Å². The number of rotatable bonds is 5. The van der Waals surface area contributed by atoms with Crippen molar-refractivity contribution in [2.45, 2.75) is 19.3 Å². The number of carbonyl (C=O) groups is 1. The van der Waals surface area contributed by atoms with Crippen LogP contribution in [-0.2, 0) is 4.79 Å². The normalized spacial score (nSPS) is 22.4. The quantitative estimate of drug-likeness (QED) is 0.903. The van der Waals surface area contributed by atoms with Gasteiger partial charge in [-0.3, -0.25) is 4.79 Å². The smallest absolute Gasteiger partial charge is 0.226 e. The minimum Gasteiger partial charge on any atom is -0.373 e. The first-order chi connectivity index (χ1) is 10.6. The molecular formula is C18H27N3O. The van der Waals surface area contributed by atoms with E-state index in [1.807, 2.05) is 30.1 Å². The molecule has 4 heteroatoms. The predicted octanol–water partition coefficient (Wildman–Crippen LogP) is 1.97. The molecule has 4 nitrogen and oxygen atoms in total. The van der Waals surface area contributed by atoms with Crippen molar-refractivity contribution in [1.29, 1.82) is 0 Å². The molecule has 1 aliphatic heterocycles. The van der Waals surface area contributed by atoms with Crippen LogP contribution in [0.25, 0.3) is 0 Å². The molecule has 1 heterocycles. The van der Waals surface area contributed by atoms with Gasteiger partial charge >= 0.3 is 0 Å². The summed E-state index contributed by atoms with van der Waals surface area (Å²) in [5.74, 6) is 0.630. The summed E-state index contributed by atoms with van der Waals surface area (Å²) in [4.78, 5) is 16.8. The van der Waals surface area contributed by atoms with Crippen molar-refractivity contribution in [3.63, 3.8) is 0 Å². The molecule has 120 valence electrons. The van der Waals surface area contributed by atoms with E-state index in [0.717, 1.165) is 32.6 Å². The van der Waals surface area contributed by atoms with Gasteiger partial charge in [0.1, 0.15) is 0 Å². The summed E-state index contributed by atoms with van der Waals surface area (Å²) < 4.78 is 0. The van der Waals surface area contributed by atoms with Crippen molar-refractivity contribution in [2.24, 2.45) is 11.3 Å². The van der Waals surface area contributed by atoms with Crippen LogP contribution in [0, 0.1) is 11.3 Å². The average Bonchev–Trinajstić information content (AvgIpc) is 3.26. The van der Waals surface area contributed by atoms with E-state index in [1.165, 1.54) is 18.5 Å². The lowest BCUT2D eigenvalue weighted by Gasteiger charge is -2.26. The highest BCUT2D eigenvalue weighted by Crippen LogP contribution is 2.59. The molecule has 0 radical (unpaired) electrons. The van der Waals surface area contributed by atoms with Crippen LogP contribution in [-0.4, -0.2) is 51.1 Å². The first-order valence-corrected chi connectivity index (χ1v) is 8.34. The second kappa shape index (κ2) is 6.29. The standard InChI is InChI=1S/C18H27N3O/c1-20(15-6-4-3-5-7-15)12-13-21(2)17(22)16-14-18(16)8-10-19-11-9-18/h3-7,16,19H,8-14H2,1-2H3. The lowest BCUT2D eigenvalue weighted by atomic mass is 9.91. The number of nitrogens with zero attached hydrogens (tertiary/aromatic N) is 2. The van der Waals surface area contributed by atoms with Gasteiger partial charge in [-0.15, -0.1) is 0 Å². The molecule has 2 fully saturated rings. The summed E-state index contributed by atoms with van der Waals surface area (Å²) in [7, 11) is 4.04. The van der Waals surface area contributed by atoms with Crippen molar-refractivity contribution in [3.05, 3.63) is 30.3 Å². The summed E-state index contributed by atoms with van der Waals surface area (Å²) >= 11 is 0. The Labute approximate surface area is 133 Å². The molecule has 1 N–H and O–H groups in total. The van der Waals surface area contributed by atoms with Gasteiger partial charge in [0, 0.05) is 38.8 Å². The van der Waals surface area contributed by atoms with Gasteiger partial charge in [-0.1, -0.05) is 18.2 Å². The molecule has 1 unspecified atom stereocenters. The van der Waals surface area contributed by atoms with Crippen molar-refractivity contribution < 1.29 is 4.79 Å². The van der Waals surface area contributed by atoms with E-state index in [2.05, 4.69) is 29.4 Å². The molecule has 0 bridgehead atoms. The number of amides is 1. The van der Waals surface area contributed by atoms with Crippen LogP contribution in [0.3, 0.4) is 0 Å². The summed E-state index contributed by atoms with van der Waals surface area (Å²) in [6.45, 7) is 3.80. The highest BCUT2D eigenvalue weighted by atomic mass is 16.2. The number of hydrogen-bond donors (Lipinski definition) is 1. The Morgan fingerprint density at radius 3 is 2.55 bits per heavy atom. The van der Waals surface area contributed by atoms with Gasteiger partial charge in [0.2, 0.25) is 5.91 Å². The van der Waals surface area contributed by atoms with Crippen LogP contribution in [0.4, 0.5) is 5.69 Å². The topological polar surface area (TPSA) is 35.6 Å². The molecule has 3 rings (SSSR count). The summed E-state index contributed by atoms with van der Waals surface area (Å²) in [6, 6.07) is 10.3. The van der Waals surface area contributed by atoms with E-state index < -0.39 is 0 Å². The molecule has 1 amide bonds. The van der Waals surface area contributed by atoms with Gasteiger partial charge in [-0.2, -0.15) is 0 Å². The number of hydrogen-bond acceptors (Lipinski definition) is 3. The molecule has 0 aromatic heterocycles. The Balaban J connectivity index is 1.48. The maximum atomic E-state index is 12.6. The Morgan fingerprint density at radius 2 is 1.86 bits per heavy atom. The molecule has 22 heavy (non-hydrogen) atoms. The Bertz CT molecular complexity index is 510. The van der Waals surface area contributed by atoms with Crippen LogP contribution in [0.15, 0.2) is 30.3 Å². The highest BCUT2D eigenvalue weighted by Gasteiger charge is 2.58. The third kappa shape index (κ3) is 3.12. The number of benzene rings is 1. The summed E-state index contributed by atoms with van der Waals surface area (Å²) in [6.07, 6.45) is 3.44. The second-order valence-corrected chi connectivity index (χ2v) is 6.89. The number of carbonyl (C=O) groups excluding carboxylic acids is 1. The first kappa shape index (κ1) is 15.3. The van der Waals surface area contributed by atoms with Gasteiger partial charge in [0.25, 0.3) is 0 Å². The Kier molecular flexibility index (Phi) is 4.39. The Hall–Kier alpha value is -1.55. The lowest BCUT2D eigenvalue weighted by Crippen LogP contribution is -2.38. The van der Waals surface area contributed by atoms with Crippen molar-refractivity contribution >= 4 is 11.6 Å². The number of piperidine rings is 1. The number of para-hydroxylation sites is 1. The summed E-state index contributed by atoms with van der Waals surface area (Å²) in [5, 5.41) is 3.40. The molecule has 2 aliphatic rings. The van der Waals surface area contributed by atoms with E-state index in [-0.39, 0.29) is 5.92 Å². The predicted molar refractivity (Wildman–Crippen MR) is 90.0 cm³/mol. The van der Waals surface area contributed by atoms with Gasteiger partial charge < -0.3 is 15.1 Å². The Morgan fingerprint density at radius 1 is 1.18 bits per heavy atom. The fourth-order valence-electron chi connectivity index (χ4n) is 3.66. The maximum absolute atomic E-state index is 12.6. The fourth-order valence-corrected chi connectivity index (χ4v) is 3.66. The van der Waals surface area contributed by atoms with Crippen molar-refractivity contribution in [1.82, 2.24) is 10.2 Å². The van der Waals surface area contributed by atoms with E-state index in [0.29, 0.717) is 11.3 Å². The third-order valence-corrected chi connectivity index (χ3v) is 5.43. The van der Waals surface area contributed by atoms with Gasteiger partial charge in [-0.25, -0.2) is 0 Å². The van der Waals surface area contributed by atoms with Gasteiger partial charge in [-0.05, 0) is 49.9 Å². The summed E-state index contributed by atoms with van der Waals surface area (Å²) in [5.41, 5.74) is 1.53. The van der Waals surface area contributed by atoms with Gasteiger partial charge in [0.15, 0.2) is 0 Å². The molecule has 1 aromatic carbocycles. The third-order valence-electron chi connectivity index (χ3n) is 5.43. The first-order valence-electron chi connectivity index (χ1n) is 8.34. The minimum atomic E-state index is 0.279. The molecule has 1 aliphatic carbocycles. The zero-order valence-electron chi connectivity index (χ0n) is 13.7. The molecule has 1 spiro atoms. The monoisotopic (exact) mass is 301 g/mol. The van der Waals surface area contributed by atoms with Crippen molar-refractivity contribution in [3.8, 4) is 0 Å². The average molecular weight is 301 g/mol. The number of nitrogens with one attached hydrogen (secondary N) is 1.